The van der Waals surface area contributed by atoms with Gasteiger partial charge in [0.05, 0.1) is 5.69 Å². The lowest BCUT2D eigenvalue weighted by molar-refractivity contribution is 0.312. The van der Waals surface area contributed by atoms with Crippen molar-refractivity contribution in [2.75, 3.05) is 58.8 Å². The Morgan fingerprint density at radius 2 is 1.91 bits per heavy atom. The Morgan fingerprint density at radius 1 is 1.18 bits per heavy atom. The molecular formula is C17H25FN4. The summed E-state index contributed by atoms with van der Waals surface area (Å²) in [6, 6.07) is 3.67. The van der Waals surface area contributed by atoms with Crippen molar-refractivity contribution in [1.29, 1.82) is 0 Å². The summed E-state index contributed by atoms with van der Waals surface area (Å²) in [5, 5.41) is 1.15. The van der Waals surface area contributed by atoms with E-state index < -0.39 is 0 Å². The van der Waals surface area contributed by atoms with E-state index in [1.807, 2.05) is 12.3 Å². The van der Waals surface area contributed by atoms with Gasteiger partial charge in [0.2, 0.25) is 0 Å². The zero-order chi connectivity index (χ0) is 15.7. The average Bonchev–Trinajstić information content (AvgIpc) is 2.87. The number of H-pyrrole nitrogens is 1. The molecule has 1 aromatic heterocycles. The van der Waals surface area contributed by atoms with Crippen LogP contribution in [0.1, 0.15) is 5.56 Å². The first-order valence-corrected chi connectivity index (χ1v) is 7.92. The normalized spacial score (nSPS) is 16.9. The summed E-state index contributed by atoms with van der Waals surface area (Å²) in [6.07, 6.45) is 2.99. The first kappa shape index (κ1) is 15.3. The van der Waals surface area contributed by atoms with Crippen LogP contribution in [0.2, 0.25) is 0 Å². The van der Waals surface area contributed by atoms with Crippen LogP contribution in [0.15, 0.2) is 18.3 Å². The van der Waals surface area contributed by atoms with Crippen LogP contribution in [0.3, 0.4) is 0 Å². The summed E-state index contributed by atoms with van der Waals surface area (Å²) in [4.78, 5) is 9.82. The maximum Gasteiger partial charge on any atom is 0.148 e. The fraction of sp³-hybridized carbons (Fsp3) is 0.529. The molecule has 0 unspecified atom stereocenters. The van der Waals surface area contributed by atoms with Crippen LogP contribution in [-0.4, -0.2) is 68.7 Å². The van der Waals surface area contributed by atoms with Crippen LogP contribution in [0.25, 0.3) is 10.9 Å². The second-order valence-electron chi connectivity index (χ2n) is 6.51. The first-order chi connectivity index (χ1) is 10.5. The zero-order valence-electron chi connectivity index (χ0n) is 13.7. The van der Waals surface area contributed by atoms with Gasteiger partial charge in [0, 0.05) is 55.9 Å². The van der Waals surface area contributed by atoms with Crippen molar-refractivity contribution in [1.82, 2.24) is 14.8 Å². The van der Waals surface area contributed by atoms with Crippen LogP contribution in [0.4, 0.5) is 10.1 Å². The summed E-state index contributed by atoms with van der Waals surface area (Å²) in [5.41, 5.74) is 2.90. The topological polar surface area (TPSA) is 25.5 Å². The molecule has 0 aliphatic carbocycles. The van der Waals surface area contributed by atoms with Gasteiger partial charge in [-0.3, -0.25) is 0 Å². The minimum Gasteiger partial charge on any atom is -0.367 e. The van der Waals surface area contributed by atoms with E-state index in [0.717, 1.165) is 55.7 Å². The largest absolute Gasteiger partial charge is 0.367 e. The quantitative estimate of drug-likeness (QED) is 0.937. The average molecular weight is 304 g/mol. The molecule has 1 aliphatic heterocycles. The van der Waals surface area contributed by atoms with Crippen LogP contribution in [-0.2, 0) is 6.42 Å². The van der Waals surface area contributed by atoms with Gasteiger partial charge in [0.1, 0.15) is 5.82 Å². The van der Waals surface area contributed by atoms with E-state index in [9.17, 15) is 4.39 Å². The molecule has 22 heavy (non-hydrogen) atoms. The van der Waals surface area contributed by atoms with Gasteiger partial charge in [0.25, 0.3) is 0 Å². The van der Waals surface area contributed by atoms with E-state index in [2.05, 4.69) is 40.8 Å². The molecular weight excluding hydrogens is 279 g/mol. The molecule has 5 heteroatoms. The highest BCUT2D eigenvalue weighted by atomic mass is 19.1. The molecule has 0 atom stereocenters. The number of rotatable bonds is 4. The predicted octanol–water partition coefficient (Wildman–Crippen LogP) is 2.16. The summed E-state index contributed by atoms with van der Waals surface area (Å²) in [6.45, 7) is 4.73. The van der Waals surface area contributed by atoms with Gasteiger partial charge in [-0.15, -0.1) is 0 Å². The maximum atomic E-state index is 14.4. The van der Waals surface area contributed by atoms with Gasteiger partial charge in [-0.05, 0) is 39.2 Å². The first-order valence-electron chi connectivity index (χ1n) is 7.92. The molecule has 0 bridgehead atoms. The van der Waals surface area contributed by atoms with Gasteiger partial charge in [-0.25, -0.2) is 4.39 Å². The monoisotopic (exact) mass is 304 g/mol. The van der Waals surface area contributed by atoms with Crippen molar-refractivity contribution in [3.05, 3.63) is 29.7 Å². The van der Waals surface area contributed by atoms with E-state index >= 15 is 0 Å². The van der Waals surface area contributed by atoms with Crippen LogP contribution >= 0.6 is 0 Å². The number of hydrogen-bond donors (Lipinski definition) is 1. The summed E-state index contributed by atoms with van der Waals surface area (Å²) >= 11 is 0. The maximum absolute atomic E-state index is 14.4. The molecule has 2 aromatic rings. The lowest BCUT2D eigenvalue weighted by Gasteiger charge is -2.34. The van der Waals surface area contributed by atoms with Gasteiger partial charge in [0.15, 0.2) is 0 Å². The van der Waals surface area contributed by atoms with E-state index in [-0.39, 0.29) is 5.82 Å². The van der Waals surface area contributed by atoms with Gasteiger partial charge < -0.3 is 19.7 Å². The molecule has 0 radical (unpaired) electrons. The number of nitrogens with one attached hydrogen (secondary N) is 1. The summed E-state index contributed by atoms with van der Waals surface area (Å²) in [5.74, 6) is -0.127. The third kappa shape index (κ3) is 3.10. The van der Waals surface area contributed by atoms with Gasteiger partial charge in [-0.1, -0.05) is 0 Å². The summed E-state index contributed by atoms with van der Waals surface area (Å²) < 4.78 is 14.4. The molecule has 0 amide bonds. The predicted molar refractivity (Wildman–Crippen MR) is 90.2 cm³/mol. The van der Waals surface area contributed by atoms with Crippen molar-refractivity contribution in [2.45, 2.75) is 6.42 Å². The molecule has 1 aromatic carbocycles. The molecule has 1 N–H and O–H groups in total. The number of hydrogen-bond acceptors (Lipinski definition) is 3. The Labute approximate surface area is 131 Å². The fourth-order valence-corrected chi connectivity index (χ4v) is 3.03. The number of benzene rings is 1. The van der Waals surface area contributed by atoms with E-state index in [0.29, 0.717) is 0 Å². The fourth-order valence-electron chi connectivity index (χ4n) is 3.03. The molecule has 1 aliphatic rings. The Balaban J connectivity index is 1.90. The van der Waals surface area contributed by atoms with E-state index in [4.69, 9.17) is 0 Å². The Morgan fingerprint density at radius 3 is 2.59 bits per heavy atom. The third-order valence-corrected chi connectivity index (χ3v) is 4.51. The smallest absolute Gasteiger partial charge is 0.148 e. The van der Waals surface area contributed by atoms with Crippen LogP contribution < -0.4 is 4.90 Å². The van der Waals surface area contributed by atoms with Crippen molar-refractivity contribution >= 4 is 16.6 Å². The number of piperazine rings is 1. The highest BCUT2D eigenvalue weighted by Crippen LogP contribution is 2.29. The Kier molecular flexibility index (Phi) is 4.36. The number of nitrogens with zero attached hydrogens (tertiary/aromatic N) is 3. The number of aromatic nitrogens is 1. The Bertz CT molecular complexity index is 641. The molecule has 0 spiro atoms. The number of fused-ring (bicyclic) bond motifs is 1. The van der Waals surface area contributed by atoms with Gasteiger partial charge in [-0.2, -0.15) is 0 Å². The van der Waals surface area contributed by atoms with E-state index in [1.165, 1.54) is 5.56 Å². The number of halogens is 1. The standard InChI is InChI=1S/C17H25FN4/c1-20(2)5-4-13-12-19-16-11-15(18)17(10-14(13)16)22-8-6-21(3)7-9-22/h10-12,19H,4-9H2,1-3H3. The highest BCUT2D eigenvalue weighted by molar-refractivity contribution is 5.87. The van der Waals surface area contributed by atoms with Crippen molar-refractivity contribution in [3.63, 3.8) is 0 Å². The van der Waals surface area contributed by atoms with Crippen LogP contribution in [0, 0.1) is 5.82 Å². The molecule has 3 rings (SSSR count). The van der Waals surface area contributed by atoms with Crippen molar-refractivity contribution < 1.29 is 4.39 Å². The molecule has 1 fully saturated rings. The molecule has 120 valence electrons. The molecule has 1 saturated heterocycles. The second-order valence-corrected chi connectivity index (χ2v) is 6.51. The van der Waals surface area contributed by atoms with E-state index in [1.54, 1.807) is 6.07 Å². The van der Waals surface area contributed by atoms with Crippen LogP contribution in [0.5, 0.6) is 0 Å². The number of anilines is 1. The zero-order valence-corrected chi connectivity index (χ0v) is 13.7. The number of aromatic amines is 1. The molecule has 0 saturated carbocycles. The lowest BCUT2D eigenvalue weighted by Crippen LogP contribution is -2.44. The van der Waals surface area contributed by atoms with Crippen molar-refractivity contribution in [2.24, 2.45) is 0 Å². The highest BCUT2D eigenvalue weighted by Gasteiger charge is 2.19. The Hall–Kier alpha value is -1.59. The minimum absolute atomic E-state index is 0.127. The van der Waals surface area contributed by atoms with Crippen molar-refractivity contribution in [3.8, 4) is 0 Å². The molecule has 4 nitrogen and oxygen atoms in total. The lowest BCUT2D eigenvalue weighted by atomic mass is 10.1. The number of likely N-dealkylation sites (N-methyl/N-ethyl adjacent to an activating group) is 2. The third-order valence-electron chi connectivity index (χ3n) is 4.51. The summed E-state index contributed by atoms with van der Waals surface area (Å²) in [7, 11) is 6.26. The molecule has 2 heterocycles. The minimum atomic E-state index is -0.127. The van der Waals surface area contributed by atoms with Gasteiger partial charge >= 0.3 is 0 Å². The second kappa shape index (κ2) is 6.26. The SMILES string of the molecule is CN(C)CCc1c[nH]c2cc(F)c(N3CCN(C)CC3)cc12.